The number of carbonyl (C=O) groups excluding carboxylic acids is 2. The van der Waals surface area contributed by atoms with Crippen LogP contribution in [0.25, 0.3) is 0 Å². The Hall–Kier alpha value is -2.08. The van der Waals surface area contributed by atoms with Crippen LogP contribution in [0, 0.1) is 5.82 Å². The van der Waals surface area contributed by atoms with Crippen LogP contribution in [0.5, 0.6) is 0 Å². The van der Waals surface area contributed by atoms with Crippen LogP contribution in [-0.2, 0) is 0 Å². The third-order valence-electron chi connectivity index (χ3n) is 2.41. The van der Waals surface area contributed by atoms with Crippen LogP contribution in [0.3, 0.4) is 0 Å². The van der Waals surface area contributed by atoms with Crippen LogP contribution in [0.2, 0.25) is 0 Å². The molecule has 4 nitrogen and oxygen atoms in total. The highest BCUT2D eigenvalue weighted by molar-refractivity contribution is 9.10. The Kier molecular flexibility index (Phi) is 3.71. The molecular weight excluding hydrogens is 317 g/mol. The van der Waals surface area contributed by atoms with Crippen molar-refractivity contribution in [1.29, 1.82) is 0 Å². The van der Waals surface area contributed by atoms with Gasteiger partial charge in [0.25, 0.3) is 0 Å². The van der Waals surface area contributed by atoms with Crippen LogP contribution < -0.4 is 5.11 Å². The van der Waals surface area contributed by atoms with Crippen LogP contribution in [0.15, 0.2) is 41.0 Å². The highest BCUT2D eigenvalue weighted by atomic mass is 79.9. The molecule has 0 fully saturated rings. The van der Waals surface area contributed by atoms with Gasteiger partial charge in [-0.1, -0.05) is 15.9 Å². The number of carboxylic acid groups (broad SMARTS) is 1. The number of hydrogen-bond acceptors (Lipinski definition) is 4. The van der Waals surface area contributed by atoms with Gasteiger partial charge in [-0.05, 0) is 30.3 Å². The second-order valence-electron chi connectivity index (χ2n) is 3.67. The maximum Gasteiger partial charge on any atom is 0.214 e. The van der Waals surface area contributed by atoms with E-state index in [0.717, 1.165) is 6.20 Å². The molecule has 0 atom stereocenters. The number of carboxylic acids is 1. The number of pyridine rings is 1. The molecule has 0 saturated carbocycles. The molecule has 1 heterocycles. The fourth-order valence-electron chi connectivity index (χ4n) is 1.46. The largest absolute Gasteiger partial charge is 0.545 e. The van der Waals surface area contributed by atoms with Gasteiger partial charge in [0.2, 0.25) is 5.78 Å². The molecule has 96 valence electrons. The van der Waals surface area contributed by atoms with Gasteiger partial charge >= 0.3 is 0 Å². The Bertz CT molecular complexity index is 655. The number of ketones is 1. The quantitative estimate of drug-likeness (QED) is 0.804. The highest BCUT2D eigenvalue weighted by Gasteiger charge is 2.15. The van der Waals surface area contributed by atoms with Crippen LogP contribution in [-0.4, -0.2) is 16.7 Å². The van der Waals surface area contributed by atoms with Gasteiger partial charge in [0.15, 0.2) is 0 Å². The normalized spacial score (nSPS) is 10.2. The summed E-state index contributed by atoms with van der Waals surface area (Å²) < 4.78 is 14.1. The van der Waals surface area contributed by atoms with Gasteiger partial charge in [0.1, 0.15) is 11.5 Å². The van der Waals surface area contributed by atoms with Gasteiger partial charge in [0.05, 0.1) is 11.5 Å². The van der Waals surface area contributed by atoms with E-state index in [1.807, 2.05) is 0 Å². The summed E-state index contributed by atoms with van der Waals surface area (Å²) in [7, 11) is 0. The van der Waals surface area contributed by atoms with Gasteiger partial charge in [-0.25, -0.2) is 4.39 Å². The van der Waals surface area contributed by atoms with Crippen molar-refractivity contribution in [3.8, 4) is 0 Å². The predicted molar refractivity (Wildman–Crippen MR) is 66.1 cm³/mol. The summed E-state index contributed by atoms with van der Waals surface area (Å²) in [5.41, 5.74) is -0.309. The Morgan fingerprint density at radius 1 is 1.21 bits per heavy atom. The maximum absolute atomic E-state index is 13.6. The lowest BCUT2D eigenvalue weighted by atomic mass is 10.1. The summed E-state index contributed by atoms with van der Waals surface area (Å²) in [5.74, 6) is -2.68. The van der Waals surface area contributed by atoms with E-state index < -0.39 is 17.6 Å². The second-order valence-corrected chi connectivity index (χ2v) is 4.59. The lowest BCUT2D eigenvalue weighted by molar-refractivity contribution is -0.255. The fourth-order valence-corrected chi connectivity index (χ4v) is 1.79. The lowest BCUT2D eigenvalue weighted by Gasteiger charge is -2.05. The SMILES string of the molecule is O=C([O-])c1ccc(C(=O)c2ccc(Br)cc2F)nc1. The first-order chi connectivity index (χ1) is 8.99. The molecule has 0 radical (unpaired) electrons. The Morgan fingerprint density at radius 2 is 1.95 bits per heavy atom. The van der Waals surface area contributed by atoms with E-state index in [2.05, 4.69) is 20.9 Å². The summed E-state index contributed by atoms with van der Waals surface area (Å²) in [6.07, 6.45) is 0.999. The van der Waals surface area contributed by atoms with Crippen LogP contribution in [0.1, 0.15) is 26.4 Å². The fraction of sp³-hybridized carbons (Fsp3) is 0. The van der Waals surface area contributed by atoms with Gasteiger partial charge in [-0.15, -0.1) is 0 Å². The van der Waals surface area contributed by atoms with E-state index >= 15 is 0 Å². The molecule has 0 N–H and O–H groups in total. The molecule has 1 aromatic carbocycles. The molecular formula is C13H6BrFNO3-. The van der Waals surface area contributed by atoms with Crippen molar-refractivity contribution < 1.29 is 19.1 Å². The molecule has 0 aliphatic heterocycles. The molecule has 0 amide bonds. The minimum absolute atomic E-state index is 0.0359. The Morgan fingerprint density at radius 3 is 2.47 bits per heavy atom. The van der Waals surface area contributed by atoms with Gasteiger partial charge in [-0.2, -0.15) is 0 Å². The average molecular weight is 323 g/mol. The second kappa shape index (κ2) is 5.27. The molecule has 0 bridgehead atoms. The van der Waals surface area contributed by atoms with Gasteiger partial charge < -0.3 is 9.90 Å². The smallest absolute Gasteiger partial charge is 0.214 e. The summed E-state index contributed by atoms with van der Waals surface area (Å²) in [6.45, 7) is 0. The average Bonchev–Trinajstić information content (AvgIpc) is 2.38. The van der Waals surface area contributed by atoms with Gasteiger partial charge in [0, 0.05) is 16.2 Å². The zero-order valence-corrected chi connectivity index (χ0v) is 11.0. The van der Waals surface area contributed by atoms with E-state index in [9.17, 15) is 19.1 Å². The van der Waals surface area contributed by atoms with E-state index in [1.165, 1.54) is 30.3 Å². The predicted octanol–water partition coefficient (Wildman–Crippen LogP) is 1.58. The molecule has 0 saturated heterocycles. The Balaban J connectivity index is 2.36. The molecule has 6 heteroatoms. The van der Waals surface area contributed by atoms with Crippen molar-refractivity contribution in [2.45, 2.75) is 0 Å². The van der Waals surface area contributed by atoms with Crippen molar-refractivity contribution in [2.75, 3.05) is 0 Å². The number of hydrogen-bond donors (Lipinski definition) is 0. The molecule has 1 aromatic heterocycles. The minimum atomic E-state index is -1.39. The van der Waals surface area contributed by atoms with Crippen molar-refractivity contribution in [3.63, 3.8) is 0 Å². The minimum Gasteiger partial charge on any atom is -0.545 e. The standard InChI is InChI=1S/C13H7BrFNO3/c14-8-2-3-9(10(15)5-8)12(17)11-4-1-7(6-16-11)13(18)19/h1-6H,(H,18,19)/p-1. The number of halogens is 2. The van der Waals surface area contributed by atoms with E-state index in [-0.39, 0.29) is 16.8 Å². The topological polar surface area (TPSA) is 70.1 Å². The monoisotopic (exact) mass is 322 g/mol. The highest BCUT2D eigenvalue weighted by Crippen LogP contribution is 2.17. The van der Waals surface area contributed by atoms with Gasteiger partial charge in [-0.3, -0.25) is 9.78 Å². The first kappa shape index (κ1) is 13.4. The number of aromatic nitrogens is 1. The number of carbonyl (C=O) groups is 2. The molecule has 0 spiro atoms. The van der Waals surface area contributed by atoms with Crippen LogP contribution in [0.4, 0.5) is 4.39 Å². The molecule has 0 unspecified atom stereocenters. The third kappa shape index (κ3) is 2.85. The zero-order valence-electron chi connectivity index (χ0n) is 9.39. The zero-order chi connectivity index (χ0) is 14.0. The number of rotatable bonds is 3. The molecule has 0 aliphatic rings. The summed E-state index contributed by atoms with van der Waals surface area (Å²) in [4.78, 5) is 26.2. The first-order valence-electron chi connectivity index (χ1n) is 5.16. The number of nitrogens with zero attached hydrogens (tertiary/aromatic N) is 1. The lowest BCUT2D eigenvalue weighted by Crippen LogP contribution is -2.22. The van der Waals surface area contributed by atoms with E-state index in [4.69, 9.17) is 0 Å². The molecule has 0 aliphatic carbocycles. The number of benzene rings is 1. The van der Waals surface area contributed by atoms with Crippen molar-refractivity contribution >= 4 is 27.7 Å². The van der Waals surface area contributed by atoms with Crippen molar-refractivity contribution in [2.24, 2.45) is 0 Å². The summed E-state index contributed by atoms with van der Waals surface area (Å²) in [5, 5.41) is 10.5. The molecule has 2 rings (SSSR count). The van der Waals surface area contributed by atoms with E-state index in [0.29, 0.717) is 4.47 Å². The third-order valence-corrected chi connectivity index (χ3v) is 2.90. The molecule has 2 aromatic rings. The van der Waals surface area contributed by atoms with Crippen LogP contribution >= 0.6 is 15.9 Å². The van der Waals surface area contributed by atoms with Crippen molar-refractivity contribution in [1.82, 2.24) is 4.98 Å². The maximum atomic E-state index is 13.6. The summed E-state index contributed by atoms with van der Waals surface area (Å²) >= 11 is 3.09. The van der Waals surface area contributed by atoms with Crippen molar-refractivity contribution in [3.05, 3.63) is 63.6 Å². The number of aromatic carboxylic acids is 1. The summed E-state index contributed by atoms with van der Waals surface area (Å²) in [6, 6.07) is 6.44. The Labute approximate surface area is 116 Å². The first-order valence-corrected chi connectivity index (χ1v) is 5.95. The molecule has 19 heavy (non-hydrogen) atoms. The van der Waals surface area contributed by atoms with E-state index in [1.54, 1.807) is 0 Å².